The van der Waals surface area contributed by atoms with Crippen LogP contribution in [-0.4, -0.2) is 49.6 Å². The highest BCUT2D eigenvalue weighted by Gasteiger charge is 2.25. The molecular formula is C7H15O2P2+. The molecule has 11 heavy (non-hydrogen) atoms. The van der Waals surface area contributed by atoms with Gasteiger partial charge in [-0.15, -0.1) is 8.20 Å². The van der Waals surface area contributed by atoms with Crippen molar-refractivity contribution >= 4 is 28.3 Å². The average Bonchev–Trinajstić information content (AvgIpc) is 1.98. The monoisotopic (exact) mass is 193 g/mol. The normalized spacial score (nSPS) is 17.9. The standard InChI is InChI=1S/C7H15O2P2/c1-9-6(5-10-2)7(8)11(3)4/h6-8H,2-3,5H2,1,4H3/q+1. The van der Waals surface area contributed by atoms with Crippen molar-refractivity contribution in [2.24, 2.45) is 0 Å². The van der Waals surface area contributed by atoms with Crippen LogP contribution in [-0.2, 0) is 4.74 Å². The Labute approximate surface area is 70.8 Å². The lowest BCUT2D eigenvalue weighted by Gasteiger charge is -2.13. The molecule has 0 rings (SSSR count). The molecule has 0 aliphatic carbocycles. The fraction of sp³-hybridized carbons (Fsp3) is 0.714. The SMILES string of the molecule is C=PCC(OC)C(O)[P+](=C)C. The molecule has 4 heteroatoms. The maximum atomic E-state index is 9.53. The molecule has 64 valence electrons. The van der Waals surface area contributed by atoms with Gasteiger partial charge in [-0.2, -0.15) is 0 Å². The van der Waals surface area contributed by atoms with Crippen LogP contribution in [0, 0.1) is 0 Å². The number of rotatable bonds is 5. The lowest BCUT2D eigenvalue weighted by atomic mass is 10.4. The maximum Gasteiger partial charge on any atom is 0.238 e. The van der Waals surface area contributed by atoms with Gasteiger partial charge in [0.25, 0.3) is 0 Å². The van der Waals surface area contributed by atoms with Crippen LogP contribution in [0.3, 0.4) is 0 Å². The third-order valence-corrected chi connectivity index (χ3v) is 3.25. The zero-order valence-corrected chi connectivity index (χ0v) is 8.81. The predicted molar refractivity (Wildman–Crippen MR) is 55.7 cm³/mol. The minimum atomic E-state index is -0.570. The van der Waals surface area contributed by atoms with Crippen LogP contribution >= 0.6 is 15.7 Å². The van der Waals surface area contributed by atoms with Gasteiger partial charge < -0.3 is 9.84 Å². The fourth-order valence-electron chi connectivity index (χ4n) is 0.702. The van der Waals surface area contributed by atoms with Gasteiger partial charge in [-0.25, -0.2) is 0 Å². The van der Waals surface area contributed by atoms with E-state index in [0.29, 0.717) is 0 Å². The number of ether oxygens (including phenoxy) is 1. The first kappa shape index (κ1) is 11.3. The number of aliphatic hydroxyl groups is 1. The number of methoxy groups -OCH3 is 1. The van der Waals surface area contributed by atoms with Crippen molar-refractivity contribution in [1.82, 2.24) is 0 Å². The zero-order chi connectivity index (χ0) is 8.85. The quantitative estimate of drug-likeness (QED) is 0.665. The molecule has 0 amide bonds. The summed E-state index contributed by atoms with van der Waals surface area (Å²) in [5.74, 6) is -0.413. The smallest absolute Gasteiger partial charge is 0.238 e. The molecule has 0 aromatic rings. The molecule has 0 saturated heterocycles. The highest BCUT2D eigenvalue weighted by atomic mass is 31.1. The Bertz CT molecular complexity index is 147. The second-order valence-electron chi connectivity index (χ2n) is 2.35. The number of hydrogen-bond donors (Lipinski definition) is 1. The molecule has 0 aliphatic rings. The highest BCUT2D eigenvalue weighted by Crippen LogP contribution is 2.25. The minimum Gasteiger partial charge on any atom is -0.373 e. The van der Waals surface area contributed by atoms with E-state index in [1.165, 1.54) is 0 Å². The predicted octanol–water partition coefficient (Wildman–Crippen LogP) is 1.24. The molecular weight excluding hydrogens is 178 g/mol. The van der Waals surface area contributed by atoms with Crippen LogP contribution in [0.5, 0.6) is 0 Å². The van der Waals surface area contributed by atoms with Crippen molar-refractivity contribution in [1.29, 1.82) is 0 Å². The second kappa shape index (κ2) is 5.85. The van der Waals surface area contributed by atoms with E-state index >= 15 is 0 Å². The number of hydrogen-bond acceptors (Lipinski definition) is 2. The molecule has 1 N–H and O–H groups in total. The first-order chi connectivity index (χ1) is 5.13. The van der Waals surface area contributed by atoms with E-state index < -0.39 is 13.4 Å². The van der Waals surface area contributed by atoms with Gasteiger partial charge in [-0.1, -0.05) is 6.30 Å². The van der Waals surface area contributed by atoms with Gasteiger partial charge in [-0.05, 0) is 0 Å². The van der Waals surface area contributed by atoms with Crippen molar-refractivity contribution in [2.75, 3.05) is 19.9 Å². The molecule has 2 nitrogen and oxygen atoms in total. The number of aliphatic hydroxyl groups excluding tert-OH is 1. The molecule has 3 atom stereocenters. The summed E-state index contributed by atoms with van der Waals surface area (Å²) in [6.45, 7) is 1.94. The van der Waals surface area contributed by atoms with Crippen molar-refractivity contribution in [3.8, 4) is 0 Å². The Morgan fingerprint density at radius 2 is 2.27 bits per heavy atom. The molecule has 0 fully saturated rings. The molecule has 0 aromatic carbocycles. The van der Waals surface area contributed by atoms with E-state index in [1.54, 1.807) is 7.11 Å². The Balaban J connectivity index is 4.00. The fourth-order valence-corrected chi connectivity index (χ4v) is 2.27. The van der Waals surface area contributed by atoms with Gasteiger partial charge in [-0.3, -0.25) is 0 Å². The van der Waals surface area contributed by atoms with Gasteiger partial charge in [0, 0.05) is 13.3 Å². The van der Waals surface area contributed by atoms with Crippen LogP contribution in [0.1, 0.15) is 0 Å². The second-order valence-corrected chi connectivity index (χ2v) is 5.21. The van der Waals surface area contributed by atoms with E-state index in [1.807, 2.05) is 6.66 Å². The van der Waals surface area contributed by atoms with E-state index in [9.17, 15) is 5.11 Å². The van der Waals surface area contributed by atoms with Crippen LogP contribution in [0.4, 0.5) is 0 Å². The first-order valence-corrected chi connectivity index (χ1v) is 6.61. The van der Waals surface area contributed by atoms with E-state index in [2.05, 4.69) is 12.6 Å². The van der Waals surface area contributed by atoms with Crippen molar-refractivity contribution in [2.45, 2.75) is 11.9 Å². The molecule has 0 heterocycles. The summed E-state index contributed by atoms with van der Waals surface area (Å²) in [7, 11) is 2.04. The highest BCUT2D eigenvalue weighted by molar-refractivity contribution is 7.55. The van der Waals surface area contributed by atoms with Crippen LogP contribution < -0.4 is 0 Å². The summed E-state index contributed by atoms with van der Waals surface area (Å²) in [4.78, 5) is 0. The van der Waals surface area contributed by atoms with Gasteiger partial charge in [0.2, 0.25) is 5.85 Å². The van der Waals surface area contributed by atoms with Crippen LogP contribution in [0.25, 0.3) is 0 Å². The third-order valence-electron chi connectivity index (χ3n) is 1.40. The maximum absolute atomic E-state index is 9.53. The van der Waals surface area contributed by atoms with Crippen molar-refractivity contribution < 1.29 is 9.84 Å². The Kier molecular flexibility index (Phi) is 5.99. The molecule has 3 unspecified atom stereocenters. The van der Waals surface area contributed by atoms with Gasteiger partial charge in [0.1, 0.15) is 13.6 Å². The molecule has 0 bridgehead atoms. The van der Waals surface area contributed by atoms with E-state index in [0.717, 1.165) is 14.4 Å². The molecule has 0 spiro atoms. The Hall–Kier alpha value is 0.260. The zero-order valence-electron chi connectivity index (χ0n) is 7.03. The first-order valence-electron chi connectivity index (χ1n) is 3.30. The largest absolute Gasteiger partial charge is 0.373 e. The van der Waals surface area contributed by atoms with Crippen LogP contribution in [0.2, 0.25) is 0 Å². The van der Waals surface area contributed by atoms with E-state index in [-0.39, 0.29) is 6.10 Å². The Morgan fingerprint density at radius 3 is 2.55 bits per heavy atom. The molecule has 0 radical (unpaired) electrons. The summed E-state index contributed by atoms with van der Waals surface area (Å²) >= 11 is 0. The summed E-state index contributed by atoms with van der Waals surface area (Å²) in [6, 6.07) is 0. The summed E-state index contributed by atoms with van der Waals surface area (Å²) in [5.41, 5.74) is 0. The lowest BCUT2D eigenvalue weighted by Crippen LogP contribution is -2.26. The minimum absolute atomic E-state index is 0.0947. The molecule has 0 aliphatic heterocycles. The summed E-state index contributed by atoms with van der Waals surface area (Å²) in [6.07, 6.45) is 8.17. The van der Waals surface area contributed by atoms with Crippen LogP contribution in [0.15, 0.2) is 0 Å². The average molecular weight is 193 g/mol. The van der Waals surface area contributed by atoms with Crippen molar-refractivity contribution in [3.05, 3.63) is 0 Å². The Morgan fingerprint density at radius 1 is 1.73 bits per heavy atom. The van der Waals surface area contributed by atoms with Gasteiger partial charge >= 0.3 is 0 Å². The van der Waals surface area contributed by atoms with Gasteiger partial charge in [0.05, 0.1) is 13.0 Å². The van der Waals surface area contributed by atoms with E-state index in [4.69, 9.17) is 4.74 Å². The van der Waals surface area contributed by atoms with Crippen molar-refractivity contribution in [3.63, 3.8) is 0 Å². The van der Waals surface area contributed by atoms with Gasteiger partial charge in [0.15, 0.2) is 0 Å². The summed E-state index contributed by atoms with van der Waals surface area (Å²) < 4.78 is 5.09. The molecule has 0 saturated carbocycles. The summed E-state index contributed by atoms with van der Waals surface area (Å²) in [5, 5.41) is 9.53. The molecule has 0 aromatic heterocycles. The lowest BCUT2D eigenvalue weighted by molar-refractivity contribution is 0.0460. The topological polar surface area (TPSA) is 29.5 Å². The third kappa shape index (κ3) is 3.98.